The maximum atomic E-state index is 12.3. The second kappa shape index (κ2) is 6.49. The van der Waals surface area contributed by atoms with E-state index in [0.29, 0.717) is 32.4 Å². The quantitative estimate of drug-likeness (QED) is 0.908. The zero-order valence-corrected chi connectivity index (χ0v) is 14.2. The number of unbranched alkanes of at least 4 members (excludes halogenated alkanes) is 1. The van der Waals surface area contributed by atoms with Crippen LogP contribution in [0.4, 0.5) is 0 Å². The molecule has 0 amide bonds. The number of nitrogens with one attached hydrogen (secondary N) is 1. The molecular formula is C16H23N3O3S. The van der Waals surface area contributed by atoms with Crippen molar-refractivity contribution in [3.05, 3.63) is 34.7 Å². The fraction of sp³-hybridized carbons (Fsp3) is 0.562. The first kappa shape index (κ1) is 16.3. The Bertz CT molecular complexity index is 830. The number of fused-ring (bicyclic) bond motifs is 1. The van der Waals surface area contributed by atoms with Crippen molar-refractivity contribution in [1.29, 1.82) is 0 Å². The van der Waals surface area contributed by atoms with Gasteiger partial charge in [-0.3, -0.25) is 4.57 Å². The summed E-state index contributed by atoms with van der Waals surface area (Å²) in [6, 6.07) is 7.67. The highest BCUT2D eigenvalue weighted by molar-refractivity contribution is 7.89. The fourth-order valence-corrected chi connectivity index (χ4v) is 4.95. The van der Waals surface area contributed by atoms with E-state index in [9.17, 15) is 13.2 Å². The van der Waals surface area contributed by atoms with Gasteiger partial charge in [0.25, 0.3) is 0 Å². The standard InChI is InChI=1S/C16H23N3O3S/c1-2-3-12-23(21,22)18-10-8-13(9-11-18)19-15-7-5-4-6-14(15)17-16(19)20/h4-7,13H,2-3,8-12H2,1H3,(H,17,20). The van der Waals surface area contributed by atoms with E-state index < -0.39 is 10.0 Å². The van der Waals surface area contributed by atoms with Crippen LogP contribution in [-0.4, -0.2) is 41.1 Å². The van der Waals surface area contributed by atoms with E-state index in [4.69, 9.17) is 0 Å². The third-order valence-corrected chi connectivity index (χ3v) is 6.52. The van der Waals surface area contributed by atoms with Gasteiger partial charge in [-0.05, 0) is 31.4 Å². The molecule has 0 saturated carbocycles. The molecule has 126 valence electrons. The van der Waals surface area contributed by atoms with Crippen molar-refractivity contribution in [3.8, 4) is 0 Å². The summed E-state index contributed by atoms with van der Waals surface area (Å²) in [6.45, 7) is 2.97. The Labute approximate surface area is 136 Å². The molecule has 23 heavy (non-hydrogen) atoms. The summed E-state index contributed by atoms with van der Waals surface area (Å²) in [4.78, 5) is 15.1. The van der Waals surface area contributed by atoms with Gasteiger partial charge in [0.05, 0.1) is 16.8 Å². The van der Waals surface area contributed by atoms with Crippen LogP contribution in [-0.2, 0) is 10.0 Å². The number of para-hydroxylation sites is 2. The maximum Gasteiger partial charge on any atom is 0.326 e. The van der Waals surface area contributed by atoms with E-state index in [0.717, 1.165) is 17.5 Å². The highest BCUT2D eigenvalue weighted by Gasteiger charge is 2.29. The van der Waals surface area contributed by atoms with Crippen molar-refractivity contribution in [1.82, 2.24) is 13.9 Å². The molecule has 0 bridgehead atoms. The predicted octanol–water partition coefficient (Wildman–Crippen LogP) is 2.10. The van der Waals surface area contributed by atoms with Crippen LogP contribution in [0, 0.1) is 0 Å². The van der Waals surface area contributed by atoms with Crippen molar-refractivity contribution in [2.75, 3.05) is 18.8 Å². The second-order valence-electron chi connectivity index (χ2n) is 6.12. The van der Waals surface area contributed by atoms with Gasteiger partial charge in [0.1, 0.15) is 0 Å². The molecule has 0 spiro atoms. The summed E-state index contributed by atoms with van der Waals surface area (Å²) in [6.07, 6.45) is 2.92. The number of aromatic nitrogens is 2. The van der Waals surface area contributed by atoms with Crippen LogP contribution in [0.15, 0.2) is 29.1 Å². The number of hydrogen-bond acceptors (Lipinski definition) is 3. The number of hydrogen-bond donors (Lipinski definition) is 1. The van der Waals surface area contributed by atoms with E-state index in [-0.39, 0.29) is 17.5 Å². The van der Waals surface area contributed by atoms with Crippen LogP contribution < -0.4 is 5.69 Å². The summed E-state index contributed by atoms with van der Waals surface area (Å²) in [5.74, 6) is 0.223. The molecule has 6 nitrogen and oxygen atoms in total. The minimum absolute atomic E-state index is 0.0521. The van der Waals surface area contributed by atoms with Crippen molar-refractivity contribution >= 4 is 21.1 Å². The predicted molar refractivity (Wildman–Crippen MR) is 91.1 cm³/mol. The molecule has 7 heteroatoms. The summed E-state index contributed by atoms with van der Waals surface area (Å²) < 4.78 is 27.9. The van der Waals surface area contributed by atoms with Gasteiger partial charge in [0.15, 0.2) is 0 Å². The van der Waals surface area contributed by atoms with Crippen molar-refractivity contribution in [2.24, 2.45) is 0 Å². The van der Waals surface area contributed by atoms with Crippen molar-refractivity contribution in [2.45, 2.75) is 38.6 Å². The van der Waals surface area contributed by atoms with Gasteiger partial charge in [0.2, 0.25) is 10.0 Å². The van der Waals surface area contributed by atoms with Crippen LogP contribution in [0.5, 0.6) is 0 Å². The smallest absolute Gasteiger partial charge is 0.306 e. The minimum atomic E-state index is -3.15. The average molecular weight is 337 g/mol. The Morgan fingerprint density at radius 2 is 1.91 bits per heavy atom. The topological polar surface area (TPSA) is 75.2 Å². The Morgan fingerprint density at radius 3 is 2.61 bits per heavy atom. The largest absolute Gasteiger partial charge is 0.326 e. The lowest BCUT2D eigenvalue weighted by molar-refractivity contribution is 0.274. The van der Waals surface area contributed by atoms with Gasteiger partial charge in [-0.2, -0.15) is 0 Å². The first-order valence-electron chi connectivity index (χ1n) is 8.20. The van der Waals surface area contributed by atoms with Crippen molar-refractivity contribution in [3.63, 3.8) is 0 Å². The van der Waals surface area contributed by atoms with E-state index in [2.05, 4.69) is 4.98 Å². The third-order valence-electron chi connectivity index (χ3n) is 4.56. The van der Waals surface area contributed by atoms with Gasteiger partial charge in [-0.1, -0.05) is 25.5 Å². The van der Waals surface area contributed by atoms with E-state index in [1.807, 2.05) is 31.2 Å². The number of piperidine rings is 1. The number of imidazole rings is 1. The van der Waals surface area contributed by atoms with E-state index in [1.165, 1.54) is 0 Å². The maximum absolute atomic E-state index is 12.3. The molecule has 3 rings (SSSR count). The van der Waals surface area contributed by atoms with Crippen LogP contribution >= 0.6 is 0 Å². The minimum Gasteiger partial charge on any atom is -0.306 e. The third kappa shape index (κ3) is 3.21. The molecule has 1 N–H and O–H groups in total. The highest BCUT2D eigenvalue weighted by atomic mass is 32.2. The van der Waals surface area contributed by atoms with Crippen LogP contribution in [0.1, 0.15) is 38.6 Å². The Hall–Kier alpha value is -1.60. The second-order valence-corrected chi connectivity index (χ2v) is 8.21. The molecule has 1 aliphatic rings. The first-order valence-corrected chi connectivity index (χ1v) is 9.81. The molecule has 1 saturated heterocycles. The zero-order valence-electron chi connectivity index (χ0n) is 13.4. The lowest BCUT2D eigenvalue weighted by atomic mass is 10.1. The molecule has 2 heterocycles. The number of benzene rings is 1. The summed E-state index contributed by atoms with van der Waals surface area (Å²) in [5, 5.41) is 0. The van der Waals surface area contributed by atoms with Gasteiger partial charge in [-0.25, -0.2) is 17.5 Å². The summed E-state index contributed by atoms with van der Waals surface area (Å²) in [5.41, 5.74) is 1.61. The normalized spacial score (nSPS) is 17.8. The molecule has 0 unspecified atom stereocenters. The average Bonchev–Trinajstić information content (AvgIpc) is 2.89. The molecule has 1 aromatic carbocycles. The van der Waals surface area contributed by atoms with Crippen molar-refractivity contribution < 1.29 is 8.42 Å². The lowest BCUT2D eigenvalue weighted by Crippen LogP contribution is -2.41. The molecule has 1 aliphatic heterocycles. The SMILES string of the molecule is CCCCS(=O)(=O)N1CCC(n2c(=O)[nH]c3ccccc32)CC1. The molecule has 0 radical (unpaired) electrons. The molecule has 1 fully saturated rings. The van der Waals surface area contributed by atoms with Gasteiger partial charge < -0.3 is 4.98 Å². The number of H-pyrrole nitrogens is 1. The van der Waals surface area contributed by atoms with Crippen LogP contribution in [0.3, 0.4) is 0 Å². The monoisotopic (exact) mass is 337 g/mol. The number of sulfonamides is 1. The van der Waals surface area contributed by atoms with Gasteiger partial charge >= 0.3 is 5.69 Å². The summed E-state index contributed by atoms with van der Waals surface area (Å²) in [7, 11) is -3.15. The van der Waals surface area contributed by atoms with E-state index in [1.54, 1.807) is 8.87 Å². The molecular weight excluding hydrogens is 314 g/mol. The van der Waals surface area contributed by atoms with E-state index >= 15 is 0 Å². The molecule has 2 aromatic rings. The van der Waals surface area contributed by atoms with Crippen LogP contribution in [0.2, 0.25) is 0 Å². The Kier molecular flexibility index (Phi) is 4.59. The summed E-state index contributed by atoms with van der Waals surface area (Å²) >= 11 is 0. The van der Waals surface area contributed by atoms with Gasteiger partial charge in [-0.15, -0.1) is 0 Å². The first-order chi connectivity index (χ1) is 11.0. The molecule has 1 aromatic heterocycles. The number of nitrogens with zero attached hydrogens (tertiary/aromatic N) is 2. The Balaban J connectivity index is 1.76. The Morgan fingerprint density at radius 1 is 1.22 bits per heavy atom. The molecule has 0 aliphatic carbocycles. The zero-order chi connectivity index (χ0) is 16.4. The molecule has 0 atom stereocenters. The fourth-order valence-electron chi connectivity index (χ4n) is 3.27. The lowest BCUT2D eigenvalue weighted by Gasteiger charge is -2.31. The van der Waals surface area contributed by atoms with Crippen LogP contribution in [0.25, 0.3) is 11.0 Å². The number of rotatable bonds is 5. The highest BCUT2D eigenvalue weighted by Crippen LogP contribution is 2.26. The number of aromatic amines is 1. The van der Waals surface area contributed by atoms with Gasteiger partial charge in [0, 0.05) is 19.1 Å².